The number of benzene rings is 1. The molecule has 0 saturated carbocycles. The molecule has 3 rings (SSSR count). The Morgan fingerprint density at radius 2 is 2.10 bits per heavy atom. The fraction of sp³-hybridized carbons (Fsp3) is 0.471. The van der Waals surface area contributed by atoms with Gasteiger partial charge in [0.2, 0.25) is 0 Å². The van der Waals surface area contributed by atoms with Gasteiger partial charge in [0.1, 0.15) is 6.10 Å². The molecule has 2 aliphatic heterocycles. The SMILES string of the molecule is CC1Cc2cc(C=CC3CC[NH2+]CC3)ccc2C(=O)O1. The van der Waals surface area contributed by atoms with E-state index in [1.165, 1.54) is 31.5 Å². The van der Waals surface area contributed by atoms with Gasteiger partial charge in [0.25, 0.3) is 0 Å². The molecule has 2 heterocycles. The van der Waals surface area contributed by atoms with E-state index in [4.69, 9.17) is 4.74 Å². The minimum atomic E-state index is -0.183. The van der Waals surface area contributed by atoms with Crippen molar-refractivity contribution in [3.63, 3.8) is 0 Å². The van der Waals surface area contributed by atoms with Crippen molar-refractivity contribution in [2.45, 2.75) is 32.3 Å². The third-order valence-corrected chi connectivity index (χ3v) is 4.21. The number of allylic oxidation sites excluding steroid dienone is 1. The summed E-state index contributed by atoms with van der Waals surface area (Å²) in [7, 11) is 0. The fourth-order valence-electron chi connectivity index (χ4n) is 3.08. The molecule has 1 unspecified atom stereocenters. The maximum Gasteiger partial charge on any atom is 0.338 e. The van der Waals surface area contributed by atoms with Crippen molar-refractivity contribution in [1.82, 2.24) is 0 Å². The second kappa shape index (κ2) is 5.80. The van der Waals surface area contributed by atoms with Crippen molar-refractivity contribution < 1.29 is 14.8 Å². The summed E-state index contributed by atoms with van der Waals surface area (Å²) in [4.78, 5) is 11.8. The van der Waals surface area contributed by atoms with Crippen LogP contribution in [0.3, 0.4) is 0 Å². The normalized spacial score (nSPS) is 23.6. The number of hydrogen-bond acceptors (Lipinski definition) is 2. The molecule has 1 atom stereocenters. The molecule has 0 aromatic heterocycles. The quantitative estimate of drug-likeness (QED) is 0.834. The van der Waals surface area contributed by atoms with Crippen LogP contribution in [0, 0.1) is 5.92 Å². The van der Waals surface area contributed by atoms with Crippen LogP contribution in [0.15, 0.2) is 24.3 Å². The van der Waals surface area contributed by atoms with Crippen molar-refractivity contribution >= 4 is 12.0 Å². The van der Waals surface area contributed by atoms with Crippen molar-refractivity contribution in [2.75, 3.05) is 13.1 Å². The molecule has 0 spiro atoms. The van der Waals surface area contributed by atoms with E-state index in [-0.39, 0.29) is 12.1 Å². The summed E-state index contributed by atoms with van der Waals surface area (Å²) in [6.07, 6.45) is 7.89. The lowest BCUT2D eigenvalue weighted by Crippen LogP contribution is -2.86. The number of quaternary nitrogens is 1. The Morgan fingerprint density at radius 1 is 1.30 bits per heavy atom. The zero-order chi connectivity index (χ0) is 13.9. The van der Waals surface area contributed by atoms with Crippen molar-refractivity contribution in [1.29, 1.82) is 0 Å². The van der Waals surface area contributed by atoms with Crippen molar-refractivity contribution in [3.05, 3.63) is 41.0 Å². The maximum absolute atomic E-state index is 11.8. The van der Waals surface area contributed by atoms with Gasteiger partial charge in [-0.15, -0.1) is 0 Å². The highest BCUT2D eigenvalue weighted by Gasteiger charge is 2.23. The van der Waals surface area contributed by atoms with Gasteiger partial charge in [0.05, 0.1) is 18.7 Å². The molecule has 3 nitrogen and oxygen atoms in total. The summed E-state index contributed by atoms with van der Waals surface area (Å²) in [6.45, 7) is 4.42. The largest absolute Gasteiger partial charge is 0.459 e. The van der Waals surface area contributed by atoms with E-state index < -0.39 is 0 Å². The van der Waals surface area contributed by atoms with Gasteiger partial charge in [0, 0.05) is 19.3 Å². The predicted molar refractivity (Wildman–Crippen MR) is 78.4 cm³/mol. The number of nitrogens with two attached hydrogens (primary N) is 1. The van der Waals surface area contributed by atoms with Gasteiger partial charge in [-0.3, -0.25) is 0 Å². The average molecular weight is 272 g/mol. The van der Waals surface area contributed by atoms with E-state index in [2.05, 4.69) is 23.5 Å². The van der Waals surface area contributed by atoms with Crippen LogP contribution in [0.4, 0.5) is 0 Å². The lowest BCUT2D eigenvalue weighted by atomic mass is 9.94. The molecule has 0 radical (unpaired) electrons. The van der Waals surface area contributed by atoms with E-state index in [1.54, 1.807) is 0 Å². The van der Waals surface area contributed by atoms with Gasteiger partial charge < -0.3 is 10.1 Å². The van der Waals surface area contributed by atoms with Crippen LogP contribution in [-0.4, -0.2) is 25.2 Å². The van der Waals surface area contributed by atoms with E-state index in [9.17, 15) is 4.79 Å². The number of ether oxygens (including phenoxy) is 1. The highest BCUT2D eigenvalue weighted by molar-refractivity contribution is 5.92. The molecule has 1 fully saturated rings. The van der Waals surface area contributed by atoms with Gasteiger partial charge in [-0.1, -0.05) is 24.3 Å². The molecule has 0 amide bonds. The number of piperidine rings is 1. The molecular formula is C17H22NO2+. The summed E-state index contributed by atoms with van der Waals surface area (Å²) in [5.41, 5.74) is 3.04. The molecule has 0 aliphatic carbocycles. The summed E-state index contributed by atoms with van der Waals surface area (Å²) in [5.74, 6) is 0.525. The Labute approximate surface area is 120 Å². The smallest absolute Gasteiger partial charge is 0.338 e. The first-order valence-corrected chi connectivity index (χ1v) is 7.56. The van der Waals surface area contributed by atoms with Gasteiger partial charge in [-0.05, 0) is 30.0 Å². The molecule has 3 heteroatoms. The number of carbonyl (C=O) groups excluding carboxylic acids is 1. The monoisotopic (exact) mass is 272 g/mol. The first-order chi connectivity index (χ1) is 9.72. The van der Waals surface area contributed by atoms with Crippen LogP contribution in [0.25, 0.3) is 6.08 Å². The number of fused-ring (bicyclic) bond motifs is 1. The molecule has 1 aromatic carbocycles. The molecule has 106 valence electrons. The Morgan fingerprint density at radius 3 is 2.90 bits per heavy atom. The fourth-order valence-corrected chi connectivity index (χ4v) is 3.08. The minimum absolute atomic E-state index is 0.0110. The van der Waals surface area contributed by atoms with Crippen LogP contribution in [-0.2, 0) is 11.2 Å². The zero-order valence-electron chi connectivity index (χ0n) is 12.0. The minimum Gasteiger partial charge on any atom is -0.459 e. The molecule has 2 N–H and O–H groups in total. The molecule has 0 bridgehead atoms. The molecule has 2 aliphatic rings. The average Bonchev–Trinajstić information content (AvgIpc) is 2.45. The third-order valence-electron chi connectivity index (χ3n) is 4.21. The Kier molecular flexibility index (Phi) is 3.88. The van der Waals surface area contributed by atoms with Crippen LogP contribution >= 0.6 is 0 Å². The summed E-state index contributed by atoms with van der Waals surface area (Å²) in [5, 5.41) is 2.39. The van der Waals surface area contributed by atoms with E-state index >= 15 is 0 Å². The summed E-state index contributed by atoms with van der Waals surface area (Å²) < 4.78 is 5.25. The molecular weight excluding hydrogens is 250 g/mol. The standard InChI is InChI=1S/C17H21NO2/c1-12-10-15-11-14(4-5-16(15)17(19)20-12)3-2-13-6-8-18-9-7-13/h2-5,11-13,18H,6-10H2,1H3/p+1. The lowest BCUT2D eigenvalue weighted by molar-refractivity contribution is -0.664. The predicted octanol–water partition coefficient (Wildman–Crippen LogP) is 1.77. The Balaban J connectivity index is 1.76. The van der Waals surface area contributed by atoms with E-state index in [0.717, 1.165) is 17.5 Å². The van der Waals surface area contributed by atoms with E-state index in [1.807, 2.05) is 19.1 Å². The second-order valence-corrected chi connectivity index (χ2v) is 5.90. The second-order valence-electron chi connectivity index (χ2n) is 5.90. The number of esters is 1. The number of cyclic esters (lactones) is 1. The number of hydrogen-bond donors (Lipinski definition) is 1. The first kappa shape index (κ1) is 13.4. The first-order valence-electron chi connectivity index (χ1n) is 7.56. The summed E-state index contributed by atoms with van der Waals surface area (Å²) in [6, 6.07) is 6.05. The Hall–Kier alpha value is -1.61. The van der Waals surface area contributed by atoms with Crippen molar-refractivity contribution in [2.24, 2.45) is 5.92 Å². The highest BCUT2D eigenvalue weighted by Crippen LogP contribution is 2.23. The highest BCUT2D eigenvalue weighted by atomic mass is 16.5. The van der Waals surface area contributed by atoms with Gasteiger partial charge in [-0.2, -0.15) is 0 Å². The molecule has 1 aromatic rings. The van der Waals surface area contributed by atoms with Crippen LogP contribution in [0.1, 0.15) is 41.3 Å². The molecule has 1 saturated heterocycles. The van der Waals surface area contributed by atoms with Crippen molar-refractivity contribution in [3.8, 4) is 0 Å². The van der Waals surface area contributed by atoms with Crippen LogP contribution in [0.2, 0.25) is 0 Å². The van der Waals surface area contributed by atoms with Gasteiger partial charge in [0.15, 0.2) is 0 Å². The number of rotatable bonds is 2. The number of carbonyl (C=O) groups is 1. The Bertz CT molecular complexity index is 530. The van der Waals surface area contributed by atoms with E-state index in [0.29, 0.717) is 5.92 Å². The topological polar surface area (TPSA) is 42.9 Å². The van der Waals surface area contributed by atoms with Gasteiger partial charge >= 0.3 is 5.97 Å². The summed E-state index contributed by atoms with van der Waals surface area (Å²) >= 11 is 0. The maximum atomic E-state index is 11.8. The van der Waals surface area contributed by atoms with Crippen LogP contribution in [0.5, 0.6) is 0 Å². The zero-order valence-corrected chi connectivity index (χ0v) is 12.0. The molecule has 20 heavy (non-hydrogen) atoms. The third kappa shape index (κ3) is 2.93. The van der Waals surface area contributed by atoms with Crippen LogP contribution < -0.4 is 5.32 Å². The lowest BCUT2D eigenvalue weighted by Gasteiger charge is -2.22. The van der Waals surface area contributed by atoms with Gasteiger partial charge in [-0.25, -0.2) is 4.79 Å².